The Hall–Kier alpha value is -7.72. The Morgan fingerprint density at radius 2 is 0.803 bits per heavy atom. The van der Waals surface area contributed by atoms with Crippen molar-refractivity contribution in [2.45, 2.75) is 19.3 Å². The molecule has 10 heteroatoms. The number of hydrogen-bond donors (Lipinski definition) is 0. The molecule has 0 N–H and O–H groups in total. The number of halogens is 4. The van der Waals surface area contributed by atoms with Crippen molar-refractivity contribution in [3.8, 4) is 56.7 Å². The Kier molecular flexibility index (Phi) is 9.13. The number of hydrogen-bond acceptors (Lipinski definition) is 4. The van der Waals surface area contributed by atoms with E-state index in [0.29, 0.717) is 34.4 Å². The van der Waals surface area contributed by atoms with Crippen LogP contribution in [-0.4, -0.2) is 29.1 Å². The van der Waals surface area contributed by atoms with Gasteiger partial charge in [0, 0.05) is 39.8 Å². The highest BCUT2D eigenvalue weighted by Gasteiger charge is 2.31. The van der Waals surface area contributed by atoms with Crippen LogP contribution in [0.5, 0.6) is 0 Å². The van der Waals surface area contributed by atoms with Crippen molar-refractivity contribution < 1.29 is 17.6 Å². The molecule has 0 aliphatic heterocycles. The molecule has 0 spiro atoms. The highest BCUT2D eigenvalue weighted by Crippen LogP contribution is 2.39. The van der Waals surface area contributed by atoms with Crippen LogP contribution >= 0.6 is 0 Å². The molecule has 0 saturated carbocycles. The van der Waals surface area contributed by atoms with Gasteiger partial charge in [-0.1, -0.05) is 84.9 Å². The number of pyridine rings is 2. The van der Waals surface area contributed by atoms with Crippen LogP contribution in [0.25, 0.3) is 78.7 Å². The Morgan fingerprint density at radius 3 is 1.21 bits per heavy atom. The second-order valence-corrected chi connectivity index (χ2v) is 15.3. The van der Waals surface area contributed by atoms with Gasteiger partial charge in [0.05, 0.1) is 56.2 Å². The average Bonchev–Trinajstić information content (AvgIpc) is 3.86. The molecule has 4 heterocycles. The van der Waals surface area contributed by atoms with Crippen LogP contribution in [0, 0.1) is 23.3 Å². The normalized spacial score (nSPS) is 11.8. The molecule has 10 rings (SSSR count). The maximum atomic E-state index is 15.8. The third-order valence-electron chi connectivity index (χ3n) is 11.0. The summed E-state index contributed by atoms with van der Waals surface area (Å²) >= 11 is 0. The summed E-state index contributed by atoms with van der Waals surface area (Å²) in [4.78, 5) is 20.3. The topological polar surface area (TPSA) is 61.4 Å². The molecule has 296 valence electrons. The summed E-state index contributed by atoms with van der Waals surface area (Å²) < 4.78 is 64.3. The van der Waals surface area contributed by atoms with Crippen LogP contribution in [0.4, 0.5) is 17.6 Å². The van der Waals surface area contributed by atoms with Gasteiger partial charge in [-0.2, -0.15) is 0 Å². The van der Waals surface area contributed by atoms with Crippen molar-refractivity contribution >= 4 is 22.1 Å². The van der Waals surface area contributed by atoms with Crippen molar-refractivity contribution in [2.75, 3.05) is 0 Å². The van der Waals surface area contributed by atoms with Crippen molar-refractivity contribution in [3.05, 3.63) is 205 Å². The summed E-state index contributed by atoms with van der Waals surface area (Å²) in [6.45, 7) is 3.88. The summed E-state index contributed by atoms with van der Waals surface area (Å²) in [6.07, 6.45) is 0. The zero-order valence-corrected chi connectivity index (χ0v) is 32.9. The van der Waals surface area contributed by atoms with Crippen LogP contribution in [-0.2, 0) is 5.41 Å². The van der Waals surface area contributed by atoms with Gasteiger partial charge in [0.25, 0.3) is 0 Å². The van der Waals surface area contributed by atoms with Gasteiger partial charge in [-0.25, -0.2) is 27.5 Å². The molecule has 4 aromatic heterocycles. The molecule has 6 nitrogen and oxygen atoms in total. The predicted octanol–water partition coefficient (Wildman–Crippen LogP) is 12.7. The van der Waals surface area contributed by atoms with Crippen molar-refractivity contribution in [3.63, 3.8) is 0 Å². The van der Waals surface area contributed by atoms with Crippen LogP contribution in [0.1, 0.15) is 25.2 Å². The molecule has 0 aliphatic rings. The molecule has 61 heavy (non-hydrogen) atoms. The SMILES string of the molecule is CC(C)(c1cc(-n2c(-c3ccccc3)nc3ccccc32)cc(-c2ccc(F)cc2F)n1)c1cc(-n2c(-c3ccccc3)nc3ccccc32)cc(-c2ccc(F)cc2F)n1. The van der Waals surface area contributed by atoms with E-state index in [1.165, 1.54) is 24.3 Å². The monoisotopic (exact) mass is 806 g/mol. The van der Waals surface area contributed by atoms with E-state index < -0.39 is 28.7 Å². The minimum atomic E-state index is -1.07. The summed E-state index contributed by atoms with van der Waals surface area (Å²) in [5.41, 5.74) is 6.64. The number of rotatable bonds is 8. The molecule has 0 saturated heterocycles. The lowest BCUT2D eigenvalue weighted by atomic mass is 9.83. The van der Waals surface area contributed by atoms with Gasteiger partial charge < -0.3 is 0 Å². The second-order valence-electron chi connectivity index (χ2n) is 15.3. The quantitative estimate of drug-likeness (QED) is 0.144. The molecular weight excluding hydrogens is 773 g/mol. The lowest BCUT2D eigenvalue weighted by molar-refractivity contribution is 0.581. The fraction of sp³-hybridized carbons (Fsp3) is 0.0588. The molecule has 0 fully saturated rings. The van der Waals surface area contributed by atoms with Crippen LogP contribution < -0.4 is 0 Å². The molecule has 0 amide bonds. The van der Waals surface area contributed by atoms with Crippen LogP contribution in [0.15, 0.2) is 170 Å². The number of benzene rings is 6. The average molecular weight is 807 g/mol. The molecule has 0 radical (unpaired) electrons. The van der Waals surface area contributed by atoms with E-state index in [-0.39, 0.29) is 22.5 Å². The number of nitrogens with zero attached hydrogens (tertiary/aromatic N) is 6. The van der Waals surface area contributed by atoms with Crippen LogP contribution in [0.3, 0.4) is 0 Å². The summed E-state index contributed by atoms with van der Waals surface area (Å²) in [5.74, 6) is -1.68. The third kappa shape index (κ3) is 6.72. The Balaban J connectivity index is 1.25. The summed E-state index contributed by atoms with van der Waals surface area (Å²) in [7, 11) is 0. The van der Waals surface area contributed by atoms with Gasteiger partial charge in [-0.15, -0.1) is 0 Å². The predicted molar refractivity (Wildman–Crippen MR) is 231 cm³/mol. The van der Waals surface area contributed by atoms with E-state index >= 15 is 8.78 Å². The molecule has 6 aromatic carbocycles. The molecule has 0 aliphatic carbocycles. The molecule has 0 bridgehead atoms. The van der Waals surface area contributed by atoms with E-state index in [1.807, 2.05) is 144 Å². The first kappa shape index (κ1) is 37.5. The van der Waals surface area contributed by atoms with Crippen LogP contribution in [0.2, 0.25) is 0 Å². The summed E-state index contributed by atoms with van der Waals surface area (Å²) in [6, 6.07) is 49.2. The number of para-hydroxylation sites is 4. The molecule has 10 aromatic rings. The van der Waals surface area contributed by atoms with Crippen molar-refractivity contribution in [1.29, 1.82) is 0 Å². The maximum Gasteiger partial charge on any atom is 0.145 e. The molecule has 0 unspecified atom stereocenters. The van der Waals surface area contributed by atoms with Gasteiger partial charge in [-0.05, 0) is 86.6 Å². The van der Waals surface area contributed by atoms with E-state index in [4.69, 9.17) is 19.9 Å². The second kappa shape index (κ2) is 14.8. The third-order valence-corrected chi connectivity index (χ3v) is 11.0. The Labute approximate surface area is 348 Å². The van der Waals surface area contributed by atoms with E-state index in [2.05, 4.69) is 0 Å². The van der Waals surface area contributed by atoms with Gasteiger partial charge in [-0.3, -0.25) is 19.1 Å². The Bertz CT molecular complexity index is 3070. The minimum absolute atomic E-state index is 0.0964. The number of fused-ring (bicyclic) bond motifs is 2. The first-order valence-electron chi connectivity index (χ1n) is 19.6. The van der Waals surface area contributed by atoms with Crippen molar-refractivity contribution in [2.24, 2.45) is 0 Å². The number of imidazole rings is 2. The van der Waals surface area contributed by atoms with E-state index in [0.717, 1.165) is 45.3 Å². The molecule has 0 atom stereocenters. The molecular formula is C51H34F4N6. The fourth-order valence-corrected chi connectivity index (χ4v) is 7.87. The lowest BCUT2D eigenvalue weighted by Gasteiger charge is -2.27. The smallest absolute Gasteiger partial charge is 0.145 e. The fourth-order valence-electron chi connectivity index (χ4n) is 7.87. The highest BCUT2D eigenvalue weighted by molar-refractivity contribution is 5.85. The van der Waals surface area contributed by atoms with Gasteiger partial charge in [0.2, 0.25) is 0 Å². The van der Waals surface area contributed by atoms with Gasteiger partial charge in [0.1, 0.15) is 34.9 Å². The largest absolute Gasteiger partial charge is 0.292 e. The zero-order valence-electron chi connectivity index (χ0n) is 32.9. The first-order valence-corrected chi connectivity index (χ1v) is 19.6. The van der Waals surface area contributed by atoms with E-state index in [9.17, 15) is 8.78 Å². The Morgan fingerprint density at radius 1 is 0.410 bits per heavy atom. The lowest BCUT2D eigenvalue weighted by Crippen LogP contribution is -2.24. The zero-order chi connectivity index (χ0) is 41.8. The standard InChI is InChI=1S/C51H34F4N6/c1-51(2,47-29-35(27-43(56-47)37-23-21-33(52)25-39(37)54)60-45-19-11-9-17-41(45)58-49(60)31-13-5-3-6-14-31)48-30-36(28-44(57-48)38-24-22-34(53)26-40(38)55)61-46-20-12-10-18-42(46)59-50(61)32-15-7-4-8-16-32/h3-30H,1-2H3. The highest BCUT2D eigenvalue weighted by atomic mass is 19.1. The van der Waals surface area contributed by atoms with Gasteiger partial charge in [0.15, 0.2) is 0 Å². The maximum absolute atomic E-state index is 15.8. The minimum Gasteiger partial charge on any atom is -0.292 e. The number of aromatic nitrogens is 6. The van der Waals surface area contributed by atoms with Crippen molar-refractivity contribution in [1.82, 2.24) is 29.1 Å². The van der Waals surface area contributed by atoms with E-state index in [1.54, 1.807) is 12.1 Å². The first-order chi connectivity index (χ1) is 29.6. The van der Waals surface area contributed by atoms with Gasteiger partial charge >= 0.3 is 0 Å². The summed E-state index contributed by atoms with van der Waals surface area (Å²) in [5, 5.41) is 0.